The van der Waals surface area contributed by atoms with Crippen LogP contribution in [0.5, 0.6) is 0 Å². The van der Waals surface area contributed by atoms with E-state index in [1.807, 2.05) is 0 Å². The van der Waals surface area contributed by atoms with Crippen molar-refractivity contribution in [3.8, 4) is 0 Å². The first kappa shape index (κ1) is 9.89. The lowest BCUT2D eigenvalue weighted by Gasteiger charge is -2.01. The number of hydrogen-bond donors (Lipinski definition) is 1. The van der Waals surface area contributed by atoms with Crippen molar-refractivity contribution in [2.24, 2.45) is 0 Å². The zero-order chi connectivity index (χ0) is 10.8. The van der Waals surface area contributed by atoms with Crippen LogP contribution in [0.4, 0.5) is 0 Å². The molecule has 1 aliphatic rings. The SMILES string of the molecule is COC(=O)Cc1cc(=O)[nH]c(C2CC2)n1. The molecule has 1 aromatic rings. The highest BCUT2D eigenvalue weighted by molar-refractivity contribution is 5.71. The maximum Gasteiger partial charge on any atom is 0.311 e. The molecule has 1 N–H and O–H groups in total. The highest BCUT2D eigenvalue weighted by atomic mass is 16.5. The average molecular weight is 208 g/mol. The van der Waals surface area contributed by atoms with E-state index in [1.54, 1.807) is 0 Å². The molecule has 1 aliphatic carbocycles. The molecule has 1 fully saturated rings. The van der Waals surface area contributed by atoms with Crippen molar-refractivity contribution in [2.45, 2.75) is 25.2 Å². The van der Waals surface area contributed by atoms with Gasteiger partial charge in [0.05, 0.1) is 19.2 Å². The van der Waals surface area contributed by atoms with E-state index in [4.69, 9.17) is 0 Å². The zero-order valence-corrected chi connectivity index (χ0v) is 8.45. The van der Waals surface area contributed by atoms with Crippen LogP contribution in [-0.4, -0.2) is 23.0 Å². The van der Waals surface area contributed by atoms with Crippen LogP contribution in [0.1, 0.15) is 30.3 Å². The Balaban J connectivity index is 2.23. The second-order valence-corrected chi connectivity index (χ2v) is 3.65. The lowest BCUT2D eigenvalue weighted by molar-refractivity contribution is -0.139. The van der Waals surface area contributed by atoms with E-state index < -0.39 is 0 Å². The molecule has 0 unspecified atom stereocenters. The van der Waals surface area contributed by atoms with E-state index >= 15 is 0 Å². The summed E-state index contributed by atoms with van der Waals surface area (Å²) in [6.45, 7) is 0. The van der Waals surface area contributed by atoms with Crippen molar-refractivity contribution >= 4 is 5.97 Å². The summed E-state index contributed by atoms with van der Waals surface area (Å²) in [5.74, 6) is 0.687. The minimum absolute atomic E-state index is 0.0557. The zero-order valence-electron chi connectivity index (χ0n) is 8.45. The molecule has 0 amide bonds. The van der Waals surface area contributed by atoms with Gasteiger partial charge in [-0.1, -0.05) is 0 Å². The Hall–Kier alpha value is -1.65. The standard InChI is InChI=1S/C10H12N2O3/c1-15-9(14)5-7-4-8(13)12-10(11-7)6-2-3-6/h4,6H,2-3,5H2,1H3,(H,11,12,13). The number of carbonyl (C=O) groups is 1. The first-order valence-electron chi connectivity index (χ1n) is 4.86. The molecule has 5 heteroatoms. The second kappa shape index (κ2) is 3.84. The highest BCUT2D eigenvalue weighted by Gasteiger charge is 2.26. The smallest absolute Gasteiger partial charge is 0.311 e. The van der Waals surface area contributed by atoms with Crippen LogP contribution in [0.3, 0.4) is 0 Å². The normalized spacial score (nSPS) is 15.0. The number of hydrogen-bond acceptors (Lipinski definition) is 4. The Morgan fingerprint density at radius 3 is 3.00 bits per heavy atom. The number of H-pyrrole nitrogens is 1. The Bertz CT molecular complexity index is 435. The maximum atomic E-state index is 11.3. The fourth-order valence-corrected chi connectivity index (χ4v) is 1.39. The lowest BCUT2D eigenvalue weighted by Crippen LogP contribution is -2.15. The van der Waals surface area contributed by atoms with Crippen molar-refractivity contribution in [2.75, 3.05) is 7.11 Å². The van der Waals surface area contributed by atoms with E-state index in [0.29, 0.717) is 17.4 Å². The highest BCUT2D eigenvalue weighted by Crippen LogP contribution is 2.37. The van der Waals surface area contributed by atoms with Gasteiger partial charge >= 0.3 is 5.97 Å². The second-order valence-electron chi connectivity index (χ2n) is 3.65. The van der Waals surface area contributed by atoms with Crippen LogP contribution in [0, 0.1) is 0 Å². The number of aromatic amines is 1. The molecule has 0 saturated heterocycles. The number of aromatic nitrogens is 2. The summed E-state index contributed by atoms with van der Waals surface area (Å²) in [6, 6.07) is 1.34. The number of carbonyl (C=O) groups excluding carboxylic acids is 1. The van der Waals surface area contributed by atoms with Gasteiger partial charge in [-0.25, -0.2) is 4.98 Å². The summed E-state index contributed by atoms with van der Waals surface area (Å²) < 4.78 is 4.52. The minimum Gasteiger partial charge on any atom is -0.469 e. The maximum absolute atomic E-state index is 11.3. The van der Waals surface area contributed by atoms with Gasteiger partial charge in [-0.05, 0) is 12.8 Å². The molecular weight excluding hydrogens is 196 g/mol. The number of nitrogens with one attached hydrogen (secondary N) is 1. The monoisotopic (exact) mass is 208 g/mol. The third-order valence-corrected chi connectivity index (χ3v) is 2.33. The van der Waals surface area contributed by atoms with Crippen LogP contribution in [0.15, 0.2) is 10.9 Å². The summed E-state index contributed by atoms with van der Waals surface area (Å²) in [4.78, 5) is 29.2. The first-order valence-corrected chi connectivity index (χ1v) is 4.86. The van der Waals surface area contributed by atoms with Gasteiger partial charge in [0, 0.05) is 12.0 Å². The van der Waals surface area contributed by atoms with E-state index in [-0.39, 0.29) is 17.9 Å². The van der Waals surface area contributed by atoms with Crippen molar-refractivity contribution in [1.29, 1.82) is 0 Å². The molecule has 0 spiro atoms. The van der Waals surface area contributed by atoms with E-state index in [9.17, 15) is 9.59 Å². The number of esters is 1. The van der Waals surface area contributed by atoms with Gasteiger partial charge < -0.3 is 9.72 Å². The third-order valence-electron chi connectivity index (χ3n) is 2.33. The van der Waals surface area contributed by atoms with Gasteiger partial charge in [0.1, 0.15) is 5.82 Å². The molecule has 0 radical (unpaired) electrons. The Labute approximate surface area is 86.5 Å². The number of ether oxygens (including phenoxy) is 1. The molecule has 80 valence electrons. The van der Waals surface area contributed by atoms with E-state index in [0.717, 1.165) is 12.8 Å². The fourth-order valence-electron chi connectivity index (χ4n) is 1.39. The van der Waals surface area contributed by atoms with Crippen LogP contribution in [0.25, 0.3) is 0 Å². The van der Waals surface area contributed by atoms with Crippen molar-refractivity contribution in [3.63, 3.8) is 0 Å². The predicted molar refractivity (Wildman–Crippen MR) is 52.6 cm³/mol. The Kier molecular flexibility index (Phi) is 2.53. The molecular formula is C10H12N2O3. The van der Waals surface area contributed by atoms with Crippen LogP contribution >= 0.6 is 0 Å². The third kappa shape index (κ3) is 2.43. The quantitative estimate of drug-likeness (QED) is 0.728. The van der Waals surface area contributed by atoms with Crippen LogP contribution in [-0.2, 0) is 16.0 Å². The molecule has 0 aliphatic heterocycles. The summed E-state index contributed by atoms with van der Waals surface area (Å²) in [5, 5.41) is 0. The van der Waals surface area contributed by atoms with Crippen LogP contribution in [0.2, 0.25) is 0 Å². The number of nitrogens with zero attached hydrogens (tertiary/aromatic N) is 1. The first-order chi connectivity index (χ1) is 7.19. The molecule has 0 aromatic carbocycles. The Morgan fingerprint density at radius 1 is 1.67 bits per heavy atom. The molecule has 1 aromatic heterocycles. The van der Waals surface area contributed by atoms with Crippen molar-refractivity contribution in [1.82, 2.24) is 9.97 Å². The van der Waals surface area contributed by atoms with Crippen LogP contribution < -0.4 is 5.56 Å². The van der Waals surface area contributed by atoms with E-state index in [2.05, 4.69) is 14.7 Å². The topological polar surface area (TPSA) is 72.1 Å². The van der Waals surface area contributed by atoms with E-state index in [1.165, 1.54) is 13.2 Å². The average Bonchev–Trinajstić information content (AvgIpc) is 2.99. The van der Waals surface area contributed by atoms with Crippen molar-refractivity contribution < 1.29 is 9.53 Å². The molecule has 1 saturated carbocycles. The number of rotatable bonds is 3. The molecule has 0 bridgehead atoms. The predicted octanol–water partition coefficient (Wildman–Crippen LogP) is 0.363. The summed E-state index contributed by atoms with van der Waals surface area (Å²) in [6.07, 6.45) is 2.18. The Morgan fingerprint density at radius 2 is 2.40 bits per heavy atom. The van der Waals surface area contributed by atoms with Gasteiger partial charge in [-0.15, -0.1) is 0 Å². The molecule has 0 atom stereocenters. The molecule has 15 heavy (non-hydrogen) atoms. The van der Waals surface area contributed by atoms with Gasteiger partial charge in [0.2, 0.25) is 0 Å². The largest absolute Gasteiger partial charge is 0.469 e. The molecule has 1 heterocycles. The van der Waals surface area contributed by atoms with Crippen molar-refractivity contribution in [3.05, 3.63) is 27.9 Å². The van der Waals surface area contributed by atoms with Gasteiger partial charge in [-0.3, -0.25) is 9.59 Å². The molecule has 5 nitrogen and oxygen atoms in total. The minimum atomic E-state index is -0.380. The summed E-state index contributed by atoms with van der Waals surface area (Å²) >= 11 is 0. The van der Waals surface area contributed by atoms with Gasteiger partial charge in [0.15, 0.2) is 0 Å². The lowest BCUT2D eigenvalue weighted by atomic mass is 10.3. The van der Waals surface area contributed by atoms with Gasteiger partial charge in [0.25, 0.3) is 5.56 Å². The van der Waals surface area contributed by atoms with Gasteiger partial charge in [-0.2, -0.15) is 0 Å². The fraction of sp³-hybridized carbons (Fsp3) is 0.500. The summed E-state index contributed by atoms with van der Waals surface area (Å²) in [7, 11) is 1.32. The molecule has 2 rings (SSSR count). The number of methoxy groups -OCH3 is 1. The summed E-state index contributed by atoms with van der Waals surface area (Å²) in [5.41, 5.74) is 0.276.